The van der Waals surface area contributed by atoms with Gasteiger partial charge < -0.3 is 4.74 Å². The fourth-order valence-corrected chi connectivity index (χ4v) is 5.37. The quantitative estimate of drug-likeness (QED) is 0.243. The molecule has 3 aromatic carbocycles. The van der Waals surface area contributed by atoms with E-state index in [9.17, 15) is 30.7 Å². The van der Waals surface area contributed by atoms with E-state index in [1.165, 1.54) is 12.1 Å². The van der Waals surface area contributed by atoms with Crippen LogP contribution in [0.1, 0.15) is 74.5 Å². The summed E-state index contributed by atoms with van der Waals surface area (Å²) < 4.78 is 132. The van der Waals surface area contributed by atoms with Gasteiger partial charge in [-0.25, -0.2) is 17.6 Å². The van der Waals surface area contributed by atoms with E-state index in [2.05, 4.69) is 11.7 Å². The van der Waals surface area contributed by atoms with Gasteiger partial charge in [0.15, 0.2) is 0 Å². The maximum Gasteiger partial charge on any atom is 0.432 e. The number of alkyl halides is 5. The molecule has 0 N–H and O–H groups in total. The summed E-state index contributed by atoms with van der Waals surface area (Å²) in [6.07, 6.45) is -3.48. The summed E-state index contributed by atoms with van der Waals surface area (Å²) >= 11 is 0. The van der Waals surface area contributed by atoms with Crippen LogP contribution in [0.25, 0.3) is 11.1 Å². The van der Waals surface area contributed by atoms with E-state index in [-0.39, 0.29) is 11.5 Å². The van der Waals surface area contributed by atoms with Crippen molar-refractivity contribution in [3.05, 3.63) is 88.5 Å². The molecule has 3 aromatic rings. The number of ether oxygens (including phenoxy) is 1. The first-order valence-corrected chi connectivity index (χ1v) is 13.0. The number of rotatable bonds is 8. The Morgan fingerprint density at radius 2 is 1.30 bits per heavy atom. The lowest BCUT2D eigenvalue weighted by Gasteiger charge is -2.29. The molecule has 0 atom stereocenters. The maximum absolute atomic E-state index is 15.2. The van der Waals surface area contributed by atoms with E-state index in [0.717, 1.165) is 56.4 Å². The SMILES string of the molecule is CCCCC1CCC(c2cc(F)c(C(F)(F)Oc3ccccc3-c3cc(F)c(C(F)(F)F)c(F)c3)c(F)c2)CC1. The van der Waals surface area contributed by atoms with Crippen LogP contribution in [0.15, 0.2) is 48.5 Å². The van der Waals surface area contributed by atoms with Crippen molar-refractivity contribution in [2.45, 2.75) is 70.1 Å². The van der Waals surface area contributed by atoms with E-state index >= 15 is 8.78 Å². The van der Waals surface area contributed by atoms with Gasteiger partial charge in [0.05, 0.1) is 0 Å². The Kier molecular flexibility index (Phi) is 8.75. The molecule has 0 bridgehead atoms. The van der Waals surface area contributed by atoms with Gasteiger partial charge in [-0.05, 0) is 79.0 Å². The molecule has 0 spiro atoms. The summed E-state index contributed by atoms with van der Waals surface area (Å²) in [5, 5.41) is 0. The summed E-state index contributed by atoms with van der Waals surface area (Å²) in [6, 6.07) is 6.87. The zero-order chi connectivity index (χ0) is 29.2. The van der Waals surface area contributed by atoms with Gasteiger partial charge in [0.25, 0.3) is 0 Å². The van der Waals surface area contributed by atoms with Gasteiger partial charge in [-0.15, -0.1) is 0 Å². The Labute approximate surface area is 226 Å². The molecule has 216 valence electrons. The third-order valence-electron chi connectivity index (χ3n) is 7.40. The number of hydrogen-bond acceptors (Lipinski definition) is 1. The average Bonchev–Trinajstić information content (AvgIpc) is 2.86. The summed E-state index contributed by atoms with van der Waals surface area (Å²) in [5.74, 6) is -7.34. The first-order valence-electron chi connectivity index (χ1n) is 13.0. The van der Waals surface area contributed by atoms with Crippen molar-refractivity contribution >= 4 is 0 Å². The highest BCUT2D eigenvalue weighted by atomic mass is 19.4. The van der Waals surface area contributed by atoms with Gasteiger partial charge in [0.2, 0.25) is 0 Å². The van der Waals surface area contributed by atoms with Crippen molar-refractivity contribution in [1.29, 1.82) is 0 Å². The summed E-state index contributed by atoms with van der Waals surface area (Å²) in [4.78, 5) is 0. The molecule has 0 heterocycles. The smallest absolute Gasteiger partial charge is 0.428 e. The lowest BCUT2D eigenvalue weighted by Crippen LogP contribution is -2.26. The Morgan fingerprint density at radius 1 is 0.750 bits per heavy atom. The molecule has 0 aromatic heterocycles. The molecule has 40 heavy (non-hydrogen) atoms. The average molecular weight is 575 g/mol. The second-order valence-electron chi connectivity index (χ2n) is 10.1. The van der Waals surface area contributed by atoms with Crippen LogP contribution in [0, 0.1) is 29.2 Å². The van der Waals surface area contributed by atoms with Crippen molar-refractivity contribution in [2.75, 3.05) is 0 Å². The van der Waals surface area contributed by atoms with Crippen molar-refractivity contribution in [1.82, 2.24) is 0 Å². The molecule has 4 rings (SSSR count). The predicted molar refractivity (Wildman–Crippen MR) is 132 cm³/mol. The maximum atomic E-state index is 15.2. The van der Waals surface area contributed by atoms with Gasteiger partial charge in [0.1, 0.15) is 40.1 Å². The molecular formula is C30H27F9O. The highest BCUT2D eigenvalue weighted by Gasteiger charge is 2.42. The minimum absolute atomic E-state index is 0.171. The summed E-state index contributed by atoms with van der Waals surface area (Å²) in [6.45, 7) is 2.10. The summed E-state index contributed by atoms with van der Waals surface area (Å²) in [5.41, 5.74) is -4.46. The molecule has 0 aliphatic heterocycles. The highest BCUT2D eigenvalue weighted by Crippen LogP contribution is 2.43. The fraction of sp³-hybridized carbons (Fsp3) is 0.400. The van der Waals surface area contributed by atoms with Gasteiger partial charge in [-0.3, -0.25) is 0 Å². The van der Waals surface area contributed by atoms with Crippen LogP contribution < -0.4 is 4.74 Å². The van der Waals surface area contributed by atoms with Gasteiger partial charge in [0, 0.05) is 5.56 Å². The normalized spacial score (nSPS) is 18.1. The summed E-state index contributed by atoms with van der Waals surface area (Å²) in [7, 11) is 0. The lowest BCUT2D eigenvalue weighted by atomic mass is 9.77. The van der Waals surface area contributed by atoms with Crippen molar-refractivity contribution in [2.24, 2.45) is 5.92 Å². The molecule has 1 aliphatic rings. The Bertz CT molecular complexity index is 1300. The third kappa shape index (κ3) is 6.41. The van der Waals surface area contributed by atoms with Crippen molar-refractivity contribution in [3.8, 4) is 16.9 Å². The zero-order valence-electron chi connectivity index (χ0n) is 21.5. The van der Waals surface area contributed by atoms with Crippen LogP contribution in [-0.4, -0.2) is 0 Å². The zero-order valence-corrected chi connectivity index (χ0v) is 21.5. The minimum Gasteiger partial charge on any atom is -0.428 e. The molecule has 10 heteroatoms. The largest absolute Gasteiger partial charge is 0.432 e. The number of para-hydroxylation sites is 1. The lowest BCUT2D eigenvalue weighted by molar-refractivity contribution is -0.189. The second kappa shape index (κ2) is 11.7. The van der Waals surface area contributed by atoms with Crippen LogP contribution in [0.5, 0.6) is 5.75 Å². The van der Waals surface area contributed by atoms with E-state index in [1.54, 1.807) is 0 Å². The van der Waals surface area contributed by atoms with E-state index < -0.39 is 63.6 Å². The number of unbranched alkanes of at least 4 members (excludes halogenated alkanes) is 1. The van der Waals surface area contributed by atoms with Crippen molar-refractivity contribution in [3.63, 3.8) is 0 Å². The van der Waals surface area contributed by atoms with E-state index in [1.807, 2.05) is 0 Å². The van der Waals surface area contributed by atoms with E-state index in [4.69, 9.17) is 0 Å². The molecule has 1 saturated carbocycles. The monoisotopic (exact) mass is 574 g/mol. The molecule has 0 saturated heterocycles. The highest BCUT2D eigenvalue weighted by molar-refractivity contribution is 5.71. The standard InChI is InChI=1S/C30H27F9O/c1-2-3-6-17-9-11-18(12-10-17)19-13-24(33)28(25(34)14-19)30(38,39)40-26-8-5-4-7-21(26)20-15-22(31)27(23(32)16-20)29(35,36)37/h4-5,7-8,13-18H,2-3,6,9-12H2,1H3. The second-order valence-corrected chi connectivity index (χ2v) is 10.1. The molecule has 1 nitrogen and oxygen atoms in total. The van der Waals surface area contributed by atoms with Crippen molar-refractivity contribution < 1.29 is 44.3 Å². The number of hydrogen-bond donors (Lipinski definition) is 0. The number of benzene rings is 3. The molecule has 1 fully saturated rings. The van der Waals surface area contributed by atoms with Gasteiger partial charge >= 0.3 is 12.3 Å². The van der Waals surface area contributed by atoms with Crippen LogP contribution >= 0.6 is 0 Å². The molecule has 0 unspecified atom stereocenters. The van der Waals surface area contributed by atoms with Crippen LogP contribution in [0.3, 0.4) is 0 Å². The topological polar surface area (TPSA) is 9.23 Å². The molecular weight excluding hydrogens is 547 g/mol. The van der Waals surface area contributed by atoms with Crippen LogP contribution in [-0.2, 0) is 12.3 Å². The van der Waals surface area contributed by atoms with Gasteiger partial charge in [-0.2, -0.15) is 22.0 Å². The Hall–Kier alpha value is -3.17. The minimum atomic E-state index is -5.33. The first kappa shape index (κ1) is 29.8. The fourth-order valence-electron chi connectivity index (χ4n) is 5.37. The Balaban J connectivity index is 1.60. The van der Waals surface area contributed by atoms with Crippen LogP contribution in [0.2, 0.25) is 0 Å². The molecule has 0 amide bonds. The molecule has 0 radical (unpaired) electrons. The number of halogens is 9. The van der Waals surface area contributed by atoms with E-state index in [0.29, 0.717) is 30.9 Å². The Morgan fingerprint density at radius 3 is 1.85 bits per heavy atom. The van der Waals surface area contributed by atoms with Crippen LogP contribution in [0.4, 0.5) is 39.5 Å². The van der Waals surface area contributed by atoms with Gasteiger partial charge in [-0.1, -0.05) is 44.4 Å². The predicted octanol–water partition coefficient (Wildman–Crippen LogP) is 10.5. The first-order chi connectivity index (χ1) is 18.8. The third-order valence-corrected chi connectivity index (χ3v) is 7.40. The molecule has 1 aliphatic carbocycles.